The number of fused-ring (bicyclic) bond motifs is 1. The molecule has 35 heavy (non-hydrogen) atoms. The number of methoxy groups -OCH3 is 1. The Morgan fingerprint density at radius 3 is 1.80 bits per heavy atom. The lowest BCUT2D eigenvalue weighted by atomic mass is 9.73. The number of hydrogen-bond acceptors (Lipinski definition) is 4. The molecule has 2 rings (SSSR count). The van der Waals surface area contributed by atoms with Gasteiger partial charge in [-0.05, 0) is 25.0 Å². The Labute approximate surface area is 213 Å². The molecule has 5 heteroatoms. The molecule has 0 spiro atoms. The molecule has 1 aliphatic rings. The van der Waals surface area contributed by atoms with Crippen molar-refractivity contribution in [2.45, 2.75) is 122 Å². The van der Waals surface area contributed by atoms with Crippen LogP contribution in [0.15, 0.2) is 24.3 Å². The molecule has 0 saturated carbocycles. The molecule has 0 N–H and O–H groups in total. The van der Waals surface area contributed by atoms with Crippen LogP contribution < -0.4 is 0 Å². The van der Waals surface area contributed by atoms with Crippen LogP contribution in [0.3, 0.4) is 0 Å². The number of ether oxygens (including phenoxy) is 1. The van der Waals surface area contributed by atoms with E-state index in [1.54, 1.807) is 31.2 Å². The van der Waals surface area contributed by atoms with E-state index < -0.39 is 11.4 Å². The number of amides is 2. The molecule has 0 aliphatic carbocycles. The summed E-state index contributed by atoms with van der Waals surface area (Å²) in [6, 6.07) is 7.13. The number of rotatable bonds is 18. The summed E-state index contributed by atoms with van der Waals surface area (Å²) in [7, 11) is 1.32. The minimum absolute atomic E-state index is 0.0675. The van der Waals surface area contributed by atoms with Gasteiger partial charge in [-0.1, -0.05) is 115 Å². The Hall–Kier alpha value is -2.17. The smallest absolute Gasteiger partial charge is 0.306 e. The number of hydrogen-bond donors (Lipinski definition) is 0. The summed E-state index contributed by atoms with van der Waals surface area (Å²) in [4.78, 5) is 39.8. The van der Waals surface area contributed by atoms with Crippen LogP contribution in [-0.4, -0.2) is 36.3 Å². The molecular formula is C30H47NO4. The molecule has 1 aliphatic heterocycles. The number of carbonyl (C=O) groups is 3. The predicted molar refractivity (Wildman–Crippen MR) is 141 cm³/mol. The second-order valence-electron chi connectivity index (χ2n) is 10.3. The Kier molecular flexibility index (Phi) is 13.1. The molecule has 0 saturated heterocycles. The summed E-state index contributed by atoms with van der Waals surface area (Å²) >= 11 is 0. The Balaban J connectivity index is 1.67. The Morgan fingerprint density at radius 1 is 0.800 bits per heavy atom. The van der Waals surface area contributed by atoms with E-state index in [0.29, 0.717) is 17.7 Å². The number of imide groups is 1. The van der Waals surface area contributed by atoms with E-state index in [4.69, 9.17) is 4.74 Å². The molecule has 0 aromatic heterocycles. The second kappa shape index (κ2) is 15.7. The molecular weight excluding hydrogens is 438 g/mol. The van der Waals surface area contributed by atoms with Gasteiger partial charge >= 0.3 is 5.97 Å². The molecule has 1 aromatic rings. The average molecular weight is 486 g/mol. The number of esters is 1. The van der Waals surface area contributed by atoms with Gasteiger partial charge in [0.25, 0.3) is 5.91 Å². The summed E-state index contributed by atoms with van der Waals surface area (Å²) in [6.07, 6.45) is 19.0. The third-order valence-corrected chi connectivity index (χ3v) is 7.43. The highest BCUT2D eigenvalue weighted by atomic mass is 16.5. The van der Waals surface area contributed by atoms with Gasteiger partial charge in [-0.15, -0.1) is 0 Å². The molecule has 0 radical (unpaired) electrons. The van der Waals surface area contributed by atoms with Crippen LogP contribution in [0.4, 0.5) is 0 Å². The summed E-state index contributed by atoms with van der Waals surface area (Å²) in [5.74, 6) is -0.993. The molecule has 5 nitrogen and oxygen atoms in total. The minimum Gasteiger partial charge on any atom is -0.469 e. The molecule has 2 amide bonds. The average Bonchev–Trinajstić information content (AvgIpc) is 2.87. The first-order chi connectivity index (χ1) is 17.0. The normalized spacial score (nSPS) is 17.5. The van der Waals surface area contributed by atoms with E-state index >= 15 is 0 Å². The lowest BCUT2D eigenvalue weighted by Gasteiger charge is -2.39. The maximum absolute atomic E-state index is 13.3. The van der Waals surface area contributed by atoms with E-state index in [-0.39, 0.29) is 18.2 Å². The maximum Gasteiger partial charge on any atom is 0.306 e. The van der Waals surface area contributed by atoms with Gasteiger partial charge in [0.2, 0.25) is 5.91 Å². The molecule has 1 heterocycles. The highest BCUT2D eigenvalue weighted by molar-refractivity contribution is 6.13. The van der Waals surface area contributed by atoms with Crippen molar-refractivity contribution in [3.05, 3.63) is 35.4 Å². The highest BCUT2D eigenvalue weighted by Crippen LogP contribution is 2.38. The van der Waals surface area contributed by atoms with Crippen LogP contribution in [-0.2, 0) is 19.7 Å². The van der Waals surface area contributed by atoms with Crippen LogP contribution in [0, 0.1) is 0 Å². The fourth-order valence-corrected chi connectivity index (χ4v) is 5.18. The van der Waals surface area contributed by atoms with Crippen LogP contribution in [0.25, 0.3) is 0 Å². The van der Waals surface area contributed by atoms with E-state index in [9.17, 15) is 14.4 Å². The number of unbranched alkanes of at least 4 members (excludes halogenated alkanes) is 14. The fourth-order valence-electron chi connectivity index (χ4n) is 5.18. The zero-order valence-electron chi connectivity index (χ0n) is 22.4. The summed E-state index contributed by atoms with van der Waals surface area (Å²) < 4.78 is 4.84. The van der Waals surface area contributed by atoms with E-state index in [1.165, 1.54) is 89.1 Å². The minimum atomic E-state index is -1.08. The third-order valence-electron chi connectivity index (χ3n) is 7.43. The van der Waals surface area contributed by atoms with Crippen LogP contribution >= 0.6 is 0 Å². The summed E-state index contributed by atoms with van der Waals surface area (Å²) in [5, 5.41) is 0. The first-order valence-corrected chi connectivity index (χ1v) is 14.0. The van der Waals surface area contributed by atoms with Gasteiger partial charge in [0.15, 0.2) is 0 Å². The van der Waals surface area contributed by atoms with Gasteiger partial charge in [0, 0.05) is 12.1 Å². The molecule has 1 aromatic carbocycles. The molecule has 196 valence electrons. The van der Waals surface area contributed by atoms with Gasteiger partial charge in [-0.2, -0.15) is 0 Å². The van der Waals surface area contributed by atoms with Crippen molar-refractivity contribution in [2.75, 3.05) is 13.7 Å². The number of carbonyl (C=O) groups excluding carboxylic acids is 3. The molecule has 1 atom stereocenters. The van der Waals surface area contributed by atoms with Crippen molar-refractivity contribution >= 4 is 17.8 Å². The predicted octanol–water partition coefficient (Wildman–Crippen LogP) is 7.36. The monoisotopic (exact) mass is 485 g/mol. The van der Waals surface area contributed by atoms with Crippen LogP contribution in [0.5, 0.6) is 0 Å². The van der Waals surface area contributed by atoms with Gasteiger partial charge in [0.05, 0.1) is 18.9 Å². The Morgan fingerprint density at radius 2 is 1.29 bits per heavy atom. The summed E-state index contributed by atoms with van der Waals surface area (Å²) in [5.41, 5.74) is 0.0558. The number of nitrogens with zero attached hydrogens (tertiary/aromatic N) is 1. The highest BCUT2D eigenvalue weighted by Gasteiger charge is 2.48. The van der Waals surface area contributed by atoms with Crippen molar-refractivity contribution in [2.24, 2.45) is 0 Å². The molecule has 0 fully saturated rings. The summed E-state index contributed by atoms with van der Waals surface area (Å²) in [6.45, 7) is 4.41. The lowest BCUT2D eigenvalue weighted by Crippen LogP contribution is -2.54. The third kappa shape index (κ3) is 8.77. The van der Waals surface area contributed by atoms with Gasteiger partial charge in [0.1, 0.15) is 0 Å². The standard InChI is InChI=1S/C30H47NO4/c1-4-5-6-7-8-9-10-11-12-13-14-15-16-17-20-23-31-28(33)25-21-18-19-22-26(25)30(2,29(31)34)24-27(32)35-3/h18-19,21-22H,4-17,20,23-24H2,1-3H3. The van der Waals surface area contributed by atoms with Crippen molar-refractivity contribution in [1.82, 2.24) is 4.90 Å². The van der Waals surface area contributed by atoms with Gasteiger partial charge in [-0.25, -0.2) is 0 Å². The molecule has 0 bridgehead atoms. The van der Waals surface area contributed by atoms with Crippen molar-refractivity contribution in [3.63, 3.8) is 0 Å². The van der Waals surface area contributed by atoms with E-state index in [2.05, 4.69) is 6.92 Å². The first kappa shape index (κ1) is 29.1. The van der Waals surface area contributed by atoms with Crippen molar-refractivity contribution in [1.29, 1.82) is 0 Å². The van der Waals surface area contributed by atoms with Gasteiger partial charge < -0.3 is 4.74 Å². The number of benzene rings is 1. The maximum atomic E-state index is 13.3. The topological polar surface area (TPSA) is 63.7 Å². The van der Waals surface area contributed by atoms with Crippen LogP contribution in [0.1, 0.15) is 133 Å². The van der Waals surface area contributed by atoms with Crippen LogP contribution in [0.2, 0.25) is 0 Å². The van der Waals surface area contributed by atoms with Crippen molar-refractivity contribution < 1.29 is 19.1 Å². The van der Waals surface area contributed by atoms with E-state index in [1.807, 2.05) is 0 Å². The first-order valence-electron chi connectivity index (χ1n) is 14.0. The largest absolute Gasteiger partial charge is 0.469 e. The van der Waals surface area contributed by atoms with Gasteiger partial charge in [-0.3, -0.25) is 19.3 Å². The molecule has 1 unspecified atom stereocenters. The lowest BCUT2D eigenvalue weighted by molar-refractivity contribution is -0.147. The van der Waals surface area contributed by atoms with Crippen molar-refractivity contribution in [3.8, 4) is 0 Å². The fraction of sp³-hybridized carbons (Fsp3) is 0.700. The second-order valence-corrected chi connectivity index (χ2v) is 10.3. The quantitative estimate of drug-likeness (QED) is 0.124. The zero-order chi connectivity index (χ0) is 25.5. The zero-order valence-corrected chi connectivity index (χ0v) is 22.4. The Bertz CT molecular complexity index is 805. The SMILES string of the molecule is CCCCCCCCCCCCCCCCCN1C(=O)c2ccccc2C(C)(CC(=O)OC)C1=O. The van der Waals surface area contributed by atoms with E-state index in [0.717, 1.165) is 19.3 Å².